The Bertz CT molecular complexity index is 275. The van der Waals surface area contributed by atoms with E-state index in [1.165, 1.54) is 25.7 Å². The van der Waals surface area contributed by atoms with E-state index in [-0.39, 0.29) is 0 Å². The van der Waals surface area contributed by atoms with E-state index in [1.807, 2.05) is 18.2 Å². The van der Waals surface area contributed by atoms with Gasteiger partial charge in [0.15, 0.2) is 0 Å². The SMILES string of the molecule is CCC(Oc1ccccc1)C1CCCC1. The predicted molar refractivity (Wildman–Crippen MR) is 63.1 cm³/mol. The zero-order valence-corrected chi connectivity index (χ0v) is 9.49. The van der Waals surface area contributed by atoms with Crippen LogP contribution in [0.1, 0.15) is 39.0 Å². The number of para-hydroxylation sites is 1. The van der Waals surface area contributed by atoms with Gasteiger partial charge in [-0.2, -0.15) is 0 Å². The monoisotopic (exact) mass is 204 g/mol. The first-order valence-corrected chi connectivity index (χ1v) is 6.12. The molecule has 1 saturated carbocycles. The lowest BCUT2D eigenvalue weighted by Gasteiger charge is -2.23. The molecule has 1 unspecified atom stereocenters. The lowest BCUT2D eigenvalue weighted by molar-refractivity contribution is 0.132. The fraction of sp³-hybridized carbons (Fsp3) is 0.571. The molecule has 15 heavy (non-hydrogen) atoms. The third-order valence-corrected chi connectivity index (χ3v) is 3.36. The van der Waals surface area contributed by atoms with Gasteiger partial charge in [0, 0.05) is 0 Å². The van der Waals surface area contributed by atoms with Crippen LogP contribution in [-0.2, 0) is 0 Å². The van der Waals surface area contributed by atoms with Gasteiger partial charge in [0.2, 0.25) is 0 Å². The van der Waals surface area contributed by atoms with E-state index in [2.05, 4.69) is 19.1 Å². The van der Waals surface area contributed by atoms with Crippen LogP contribution in [0.15, 0.2) is 30.3 Å². The molecule has 0 aromatic heterocycles. The second kappa shape index (κ2) is 5.20. The van der Waals surface area contributed by atoms with Gasteiger partial charge in [0.05, 0.1) is 0 Å². The summed E-state index contributed by atoms with van der Waals surface area (Å²) in [6, 6.07) is 10.2. The molecule has 1 aromatic rings. The van der Waals surface area contributed by atoms with Crippen molar-refractivity contribution >= 4 is 0 Å². The summed E-state index contributed by atoms with van der Waals surface area (Å²) in [5, 5.41) is 0. The number of rotatable bonds is 4. The number of hydrogen-bond donors (Lipinski definition) is 0. The fourth-order valence-electron chi connectivity index (χ4n) is 2.52. The maximum Gasteiger partial charge on any atom is 0.119 e. The summed E-state index contributed by atoms with van der Waals surface area (Å²) in [5.41, 5.74) is 0. The smallest absolute Gasteiger partial charge is 0.119 e. The molecule has 1 heteroatoms. The van der Waals surface area contributed by atoms with Gasteiger partial charge in [-0.05, 0) is 37.3 Å². The highest BCUT2D eigenvalue weighted by Gasteiger charge is 2.24. The molecule has 0 spiro atoms. The van der Waals surface area contributed by atoms with Gasteiger partial charge >= 0.3 is 0 Å². The molecular formula is C14H20O. The summed E-state index contributed by atoms with van der Waals surface area (Å²) < 4.78 is 6.05. The van der Waals surface area contributed by atoms with Crippen LogP contribution >= 0.6 is 0 Å². The van der Waals surface area contributed by atoms with E-state index in [1.54, 1.807) is 0 Å². The molecule has 0 N–H and O–H groups in total. The molecule has 0 saturated heterocycles. The van der Waals surface area contributed by atoms with Gasteiger partial charge in [-0.15, -0.1) is 0 Å². The lowest BCUT2D eigenvalue weighted by atomic mass is 9.99. The van der Waals surface area contributed by atoms with Crippen LogP contribution in [-0.4, -0.2) is 6.10 Å². The van der Waals surface area contributed by atoms with Crippen molar-refractivity contribution in [1.82, 2.24) is 0 Å². The number of ether oxygens (including phenoxy) is 1. The normalized spacial score (nSPS) is 19.0. The van der Waals surface area contributed by atoms with Gasteiger partial charge in [0.1, 0.15) is 11.9 Å². The molecule has 0 bridgehead atoms. The minimum atomic E-state index is 0.426. The molecular weight excluding hydrogens is 184 g/mol. The first-order valence-electron chi connectivity index (χ1n) is 6.12. The average molecular weight is 204 g/mol. The Morgan fingerprint density at radius 2 is 1.87 bits per heavy atom. The highest BCUT2D eigenvalue weighted by atomic mass is 16.5. The summed E-state index contributed by atoms with van der Waals surface area (Å²) in [6.45, 7) is 2.23. The summed E-state index contributed by atoms with van der Waals surface area (Å²) in [4.78, 5) is 0. The predicted octanol–water partition coefficient (Wildman–Crippen LogP) is 4.03. The van der Waals surface area contributed by atoms with Crippen LogP contribution in [0.5, 0.6) is 5.75 Å². The summed E-state index contributed by atoms with van der Waals surface area (Å²) in [5.74, 6) is 1.81. The maximum atomic E-state index is 6.05. The van der Waals surface area contributed by atoms with Gasteiger partial charge in [0.25, 0.3) is 0 Å². The van der Waals surface area contributed by atoms with Crippen molar-refractivity contribution in [2.24, 2.45) is 5.92 Å². The minimum absolute atomic E-state index is 0.426. The van der Waals surface area contributed by atoms with Crippen LogP contribution in [0.25, 0.3) is 0 Å². The van der Waals surface area contributed by atoms with Crippen LogP contribution in [0.4, 0.5) is 0 Å². The van der Waals surface area contributed by atoms with Crippen LogP contribution in [0.3, 0.4) is 0 Å². The molecule has 0 amide bonds. The molecule has 0 aliphatic heterocycles. The highest BCUT2D eigenvalue weighted by molar-refractivity contribution is 5.21. The first kappa shape index (κ1) is 10.5. The third-order valence-electron chi connectivity index (χ3n) is 3.36. The molecule has 1 aliphatic rings. The van der Waals surface area contributed by atoms with Gasteiger partial charge in [-0.1, -0.05) is 38.0 Å². The number of hydrogen-bond acceptors (Lipinski definition) is 1. The van der Waals surface area contributed by atoms with E-state index in [0.717, 1.165) is 18.1 Å². The number of benzene rings is 1. The Morgan fingerprint density at radius 3 is 2.47 bits per heavy atom. The van der Waals surface area contributed by atoms with Crippen molar-refractivity contribution in [1.29, 1.82) is 0 Å². The van der Waals surface area contributed by atoms with E-state index in [0.29, 0.717) is 6.10 Å². The highest BCUT2D eigenvalue weighted by Crippen LogP contribution is 2.31. The molecule has 0 heterocycles. The van der Waals surface area contributed by atoms with Gasteiger partial charge in [-0.25, -0.2) is 0 Å². The van der Waals surface area contributed by atoms with Crippen molar-refractivity contribution in [3.05, 3.63) is 30.3 Å². The Kier molecular flexibility index (Phi) is 3.65. The Balaban J connectivity index is 1.96. The molecule has 1 atom stereocenters. The molecule has 1 nitrogen and oxygen atoms in total. The summed E-state index contributed by atoms with van der Waals surface area (Å²) in [7, 11) is 0. The van der Waals surface area contributed by atoms with Crippen molar-refractivity contribution in [2.45, 2.75) is 45.1 Å². The average Bonchev–Trinajstić information content (AvgIpc) is 2.81. The molecule has 0 radical (unpaired) electrons. The first-order chi connectivity index (χ1) is 7.40. The lowest BCUT2D eigenvalue weighted by Crippen LogP contribution is -2.24. The topological polar surface area (TPSA) is 9.23 Å². The second-order valence-electron chi connectivity index (χ2n) is 4.42. The van der Waals surface area contributed by atoms with Crippen molar-refractivity contribution in [3.63, 3.8) is 0 Å². The molecule has 1 aliphatic carbocycles. The van der Waals surface area contributed by atoms with Gasteiger partial charge in [-0.3, -0.25) is 0 Å². The molecule has 1 fully saturated rings. The summed E-state index contributed by atoms with van der Waals surface area (Å²) >= 11 is 0. The Morgan fingerprint density at radius 1 is 1.20 bits per heavy atom. The van der Waals surface area contributed by atoms with Crippen molar-refractivity contribution in [3.8, 4) is 5.75 Å². The van der Waals surface area contributed by atoms with E-state index in [4.69, 9.17) is 4.74 Å². The minimum Gasteiger partial charge on any atom is -0.490 e. The van der Waals surface area contributed by atoms with E-state index < -0.39 is 0 Å². The summed E-state index contributed by atoms with van der Waals surface area (Å²) in [6.07, 6.45) is 7.03. The maximum absolute atomic E-state index is 6.05. The largest absolute Gasteiger partial charge is 0.490 e. The van der Waals surface area contributed by atoms with Crippen molar-refractivity contribution in [2.75, 3.05) is 0 Å². The zero-order valence-electron chi connectivity index (χ0n) is 9.49. The van der Waals surface area contributed by atoms with Crippen molar-refractivity contribution < 1.29 is 4.74 Å². The fourth-order valence-corrected chi connectivity index (χ4v) is 2.52. The van der Waals surface area contributed by atoms with Crippen LogP contribution < -0.4 is 4.74 Å². The zero-order chi connectivity index (χ0) is 10.5. The second-order valence-corrected chi connectivity index (χ2v) is 4.42. The Hall–Kier alpha value is -0.980. The standard InChI is InChI=1S/C14H20O/c1-2-14(12-8-6-7-9-12)15-13-10-4-3-5-11-13/h3-5,10-12,14H,2,6-9H2,1H3. The molecule has 2 rings (SSSR count). The molecule has 1 aromatic carbocycles. The van der Waals surface area contributed by atoms with E-state index in [9.17, 15) is 0 Å². The molecule has 82 valence electrons. The van der Waals surface area contributed by atoms with Gasteiger partial charge < -0.3 is 4.74 Å². The Labute approximate surface area is 92.5 Å². The quantitative estimate of drug-likeness (QED) is 0.719. The van der Waals surface area contributed by atoms with Crippen LogP contribution in [0, 0.1) is 5.92 Å². The van der Waals surface area contributed by atoms with Crippen LogP contribution in [0.2, 0.25) is 0 Å². The third kappa shape index (κ3) is 2.74. The van der Waals surface area contributed by atoms with E-state index >= 15 is 0 Å².